The highest BCUT2D eigenvalue weighted by Crippen LogP contribution is 2.36. The topological polar surface area (TPSA) is 82.8 Å². The summed E-state index contributed by atoms with van der Waals surface area (Å²) in [4.78, 5) is 16.9. The summed E-state index contributed by atoms with van der Waals surface area (Å²) in [5.41, 5.74) is 0.885. The number of ether oxygens (including phenoxy) is 1. The van der Waals surface area contributed by atoms with E-state index in [-0.39, 0.29) is 23.2 Å². The summed E-state index contributed by atoms with van der Waals surface area (Å²) >= 11 is 1.13. The van der Waals surface area contributed by atoms with Gasteiger partial charge in [0, 0.05) is 13.0 Å². The van der Waals surface area contributed by atoms with Gasteiger partial charge in [-0.1, -0.05) is 12.1 Å². The highest BCUT2D eigenvalue weighted by atomic mass is 32.1. The molecule has 0 saturated carbocycles. The van der Waals surface area contributed by atoms with Gasteiger partial charge in [0.25, 0.3) is 0 Å². The summed E-state index contributed by atoms with van der Waals surface area (Å²) in [5, 5.41) is 9.33. The van der Waals surface area contributed by atoms with Gasteiger partial charge in [0.05, 0.1) is 29.4 Å². The molecule has 0 aliphatic carbocycles. The van der Waals surface area contributed by atoms with E-state index in [0.29, 0.717) is 28.2 Å². The number of hydrogen-bond donors (Lipinski definition) is 1. The molecule has 33 heavy (non-hydrogen) atoms. The first-order chi connectivity index (χ1) is 15.5. The Kier molecular flexibility index (Phi) is 5.39. The molecule has 10 heteroatoms. The van der Waals surface area contributed by atoms with Gasteiger partial charge in [0.15, 0.2) is 0 Å². The summed E-state index contributed by atoms with van der Waals surface area (Å²) in [6, 6.07) is 6.67. The van der Waals surface area contributed by atoms with Crippen LogP contribution in [0, 0.1) is 5.82 Å². The maximum atomic E-state index is 15.1. The van der Waals surface area contributed by atoms with Crippen LogP contribution in [0.1, 0.15) is 55.2 Å². The number of carboxylic acid groups (broad SMARTS) is 1. The van der Waals surface area contributed by atoms with Crippen molar-refractivity contribution in [3.63, 3.8) is 0 Å². The van der Waals surface area contributed by atoms with E-state index in [4.69, 9.17) is 14.0 Å². The average molecular weight is 472 g/mol. The van der Waals surface area contributed by atoms with Crippen molar-refractivity contribution < 1.29 is 28.3 Å². The number of imidazole rings is 1. The molecular weight excluding hydrogens is 446 g/mol. The third-order valence-electron chi connectivity index (χ3n) is 6.87. The summed E-state index contributed by atoms with van der Waals surface area (Å²) in [6.45, 7) is 9.14. The highest BCUT2D eigenvalue weighted by molar-refractivity contribution is 7.20. The minimum absolute atomic E-state index is 0.0601. The van der Waals surface area contributed by atoms with E-state index in [2.05, 4.69) is 4.98 Å². The van der Waals surface area contributed by atoms with E-state index in [1.165, 1.54) is 6.07 Å². The van der Waals surface area contributed by atoms with Crippen molar-refractivity contribution in [3.05, 3.63) is 46.3 Å². The Hall–Kier alpha value is -2.27. The number of nitrogens with zero attached hydrogens (tertiary/aromatic N) is 2. The molecule has 2 saturated heterocycles. The fourth-order valence-corrected chi connectivity index (χ4v) is 4.93. The van der Waals surface area contributed by atoms with E-state index >= 15 is 4.39 Å². The predicted octanol–water partition coefficient (Wildman–Crippen LogP) is 3.61. The van der Waals surface area contributed by atoms with Crippen molar-refractivity contribution in [2.45, 2.75) is 64.4 Å². The lowest BCUT2D eigenvalue weighted by Gasteiger charge is -2.32. The number of aromatic carboxylic acids is 1. The number of halogens is 1. The second kappa shape index (κ2) is 7.90. The molecule has 3 aromatic rings. The van der Waals surface area contributed by atoms with Crippen molar-refractivity contribution in [2.24, 2.45) is 0 Å². The molecule has 0 spiro atoms. The van der Waals surface area contributed by atoms with E-state index in [9.17, 15) is 9.90 Å². The minimum Gasteiger partial charge on any atom is -0.477 e. The lowest BCUT2D eigenvalue weighted by Crippen LogP contribution is -2.41. The molecule has 1 unspecified atom stereocenters. The number of carboxylic acids is 1. The molecule has 1 N–H and O–H groups in total. The molecule has 0 radical (unpaired) electrons. The zero-order valence-corrected chi connectivity index (χ0v) is 19.9. The molecule has 1 aromatic carbocycles. The van der Waals surface area contributed by atoms with Gasteiger partial charge in [-0.3, -0.25) is 0 Å². The Morgan fingerprint density at radius 3 is 2.55 bits per heavy atom. The van der Waals surface area contributed by atoms with Gasteiger partial charge in [0.2, 0.25) is 0 Å². The van der Waals surface area contributed by atoms with Crippen molar-refractivity contribution in [1.29, 1.82) is 0 Å². The van der Waals surface area contributed by atoms with E-state index in [1.54, 1.807) is 12.1 Å². The minimum atomic E-state index is -0.977. The monoisotopic (exact) mass is 472 g/mol. The maximum absolute atomic E-state index is 15.1. The van der Waals surface area contributed by atoms with Crippen LogP contribution < -0.4 is 5.46 Å². The first kappa shape index (κ1) is 22.5. The fraction of sp³-hybridized carbons (Fsp3) is 0.478. The molecular formula is C23H26BFN2O5S. The smallest absolute Gasteiger partial charge is 0.477 e. The summed E-state index contributed by atoms with van der Waals surface area (Å²) < 4.78 is 34.8. The molecule has 2 aromatic heterocycles. The summed E-state index contributed by atoms with van der Waals surface area (Å²) in [6.07, 6.45) is 1.28. The molecule has 5 rings (SSSR count). The second-order valence-electron chi connectivity index (χ2n) is 9.64. The van der Waals surface area contributed by atoms with Gasteiger partial charge in [-0.05, 0) is 57.3 Å². The normalized spacial score (nSPS) is 21.5. The van der Waals surface area contributed by atoms with Gasteiger partial charge in [-0.2, -0.15) is 0 Å². The number of hydrogen-bond acceptors (Lipinski definition) is 6. The van der Waals surface area contributed by atoms with Gasteiger partial charge in [-0.25, -0.2) is 14.2 Å². The van der Waals surface area contributed by atoms with Crippen LogP contribution in [-0.2, 0) is 27.0 Å². The van der Waals surface area contributed by atoms with E-state index in [0.717, 1.165) is 29.9 Å². The molecule has 0 bridgehead atoms. The van der Waals surface area contributed by atoms with E-state index < -0.39 is 24.3 Å². The predicted molar refractivity (Wildman–Crippen MR) is 124 cm³/mol. The Bertz CT molecular complexity index is 1220. The van der Waals surface area contributed by atoms with Crippen LogP contribution in [0.25, 0.3) is 10.3 Å². The average Bonchev–Trinajstić information content (AvgIpc) is 3.30. The van der Waals surface area contributed by atoms with Gasteiger partial charge >= 0.3 is 13.1 Å². The second-order valence-corrected chi connectivity index (χ2v) is 10.7. The van der Waals surface area contributed by atoms with Crippen LogP contribution in [-0.4, -0.2) is 51.7 Å². The van der Waals surface area contributed by atoms with Crippen LogP contribution in [0.15, 0.2) is 24.3 Å². The molecule has 7 nitrogen and oxygen atoms in total. The summed E-state index contributed by atoms with van der Waals surface area (Å²) in [7, 11) is -0.629. The maximum Gasteiger partial charge on any atom is 0.494 e. The van der Waals surface area contributed by atoms with Crippen LogP contribution in [0.3, 0.4) is 0 Å². The number of benzene rings is 1. The Labute approximate surface area is 195 Å². The number of thiophene rings is 1. The number of carbonyl (C=O) groups is 1. The quantitative estimate of drug-likeness (QED) is 0.552. The van der Waals surface area contributed by atoms with Gasteiger partial charge in [-0.15, -0.1) is 11.3 Å². The van der Waals surface area contributed by atoms with Crippen LogP contribution >= 0.6 is 11.3 Å². The van der Waals surface area contributed by atoms with Crippen LogP contribution in [0.5, 0.6) is 0 Å². The van der Waals surface area contributed by atoms with Crippen LogP contribution in [0.2, 0.25) is 0 Å². The molecule has 2 fully saturated rings. The zero-order chi connectivity index (χ0) is 23.5. The first-order valence-electron chi connectivity index (χ1n) is 11.0. The van der Waals surface area contributed by atoms with Crippen molar-refractivity contribution in [2.75, 3.05) is 6.61 Å². The Morgan fingerprint density at radius 1 is 1.27 bits per heavy atom. The number of aromatic nitrogens is 2. The van der Waals surface area contributed by atoms with Crippen molar-refractivity contribution in [3.8, 4) is 0 Å². The summed E-state index contributed by atoms with van der Waals surface area (Å²) in [5.74, 6) is -0.646. The molecule has 1 atom stereocenters. The highest BCUT2D eigenvalue weighted by Gasteiger charge is 2.51. The molecule has 174 valence electrons. The first-order valence-corrected chi connectivity index (χ1v) is 11.8. The molecule has 2 aliphatic rings. The number of fused-ring (bicyclic) bond motifs is 1. The van der Waals surface area contributed by atoms with Crippen LogP contribution in [0.4, 0.5) is 4.39 Å². The largest absolute Gasteiger partial charge is 0.494 e. The standard InChI is InChI=1S/C23H26BFN2O5S/c1-22(2)23(3,4)32-24(31-22)14-6-5-13(16(25)10-14)9-19-26-20-17(11-18(33-20)21(28)29)27(19)12-15-7-8-30-15/h5-6,10-11,15H,7-9,12H2,1-4H3,(H,28,29). The fourth-order valence-electron chi connectivity index (χ4n) is 4.04. The Morgan fingerprint density at radius 2 is 1.97 bits per heavy atom. The Balaban J connectivity index is 1.43. The number of rotatable bonds is 6. The zero-order valence-electron chi connectivity index (χ0n) is 19.1. The molecule has 2 aliphatic heterocycles. The SMILES string of the molecule is CC1(C)OB(c2ccc(Cc3nc4sc(C(=O)O)cc4n3CC3CCO3)c(F)c2)OC1(C)C. The third kappa shape index (κ3) is 3.99. The van der Waals surface area contributed by atoms with E-state index in [1.807, 2.05) is 38.3 Å². The van der Waals surface area contributed by atoms with Gasteiger partial charge < -0.3 is 23.7 Å². The van der Waals surface area contributed by atoms with Crippen molar-refractivity contribution >= 4 is 40.2 Å². The third-order valence-corrected chi connectivity index (χ3v) is 7.87. The van der Waals surface area contributed by atoms with Gasteiger partial charge in [0.1, 0.15) is 21.3 Å². The lowest BCUT2D eigenvalue weighted by molar-refractivity contribution is -0.0589. The lowest BCUT2D eigenvalue weighted by atomic mass is 9.78. The molecule has 4 heterocycles. The molecule has 0 amide bonds. The van der Waals surface area contributed by atoms with Crippen molar-refractivity contribution in [1.82, 2.24) is 9.55 Å².